The molecule has 1 atom stereocenters. The minimum absolute atomic E-state index is 0.297. The van der Waals surface area contributed by atoms with E-state index in [0.717, 1.165) is 16.7 Å². The van der Waals surface area contributed by atoms with Crippen LogP contribution in [0, 0.1) is 0 Å². The van der Waals surface area contributed by atoms with E-state index in [0.29, 0.717) is 11.6 Å². The first kappa shape index (κ1) is 16.8. The van der Waals surface area contributed by atoms with Crippen molar-refractivity contribution in [3.05, 3.63) is 59.1 Å². The maximum atomic E-state index is 11.9. The number of carbonyl (C=O) groups is 2. The van der Waals surface area contributed by atoms with Gasteiger partial charge >= 0.3 is 6.03 Å². The van der Waals surface area contributed by atoms with E-state index < -0.39 is 12.1 Å². The molecule has 0 fully saturated rings. The zero-order valence-electron chi connectivity index (χ0n) is 12.7. The summed E-state index contributed by atoms with van der Waals surface area (Å²) in [5, 5.41) is 5.81. The number of halogens is 1. The standard InChI is InChI=1S/C17H18ClN3O2/c1-11(21-17(19)23)16(22)20-10-13-4-2-3-5-15(13)12-6-8-14(18)9-7-12/h2-9,11H,10H2,1H3,(H,20,22)(H3,19,21,23)/t11-/m0/s1. The number of nitrogens with one attached hydrogen (secondary N) is 2. The van der Waals surface area contributed by atoms with Crippen LogP contribution in [0.15, 0.2) is 48.5 Å². The van der Waals surface area contributed by atoms with Gasteiger partial charge in [0.2, 0.25) is 5.91 Å². The summed E-state index contributed by atoms with van der Waals surface area (Å²) >= 11 is 5.92. The first-order valence-corrected chi connectivity index (χ1v) is 7.52. The summed E-state index contributed by atoms with van der Waals surface area (Å²) in [5.41, 5.74) is 8.01. The number of amides is 3. The molecule has 2 rings (SSSR count). The Balaban J connectivity index is 2.10. The fourth-order valence-corrected chi connectivity index (χ4v) is 2.33. The highest BCUT2D eigenvalue weighted by Crippen LogP contribution is 2.25. The second-order valence-corrected chi connectivity index (χ2v) is 5.55. The minimum atomic E-state index is -0.728. The number of nitrogens with two attached hydrogens (primary N) is 1. The van der Waals surface area contributed by atoms with E-state index in [2.05, 4.69) is 10.6 Å². The topological polar surface area (TPSA) is 84.2 Å². The molecule has 0 bridgehead atoms. The number of rotatable bonds is 5. The molecule has 6 heteroatoms. The Labute approximate surface area is 139 Å². The number of hydrogen-bond acceptors (Lipinski definition) is 2. The number of primary amides is 1. The van der Waals surface area contributed by atoms with Gasteiger partial charge in [-0.2, -0.15) is 0 Å². The molecular weight excluding hydrogens is 314 g/mol. The summed E-state index contributed by atoms with van der Waals surface area (Å²) in [4.78, 5) is 22.7. The van der Waals surface area contributed by atoms with Crippen LogP contribution in [0.4, 0.5) is 4.79 Å². The summed E-state index contributed by atoms with van der Waals surface area (Å²) in [7, 11) is 0. The lowest BCUT2D eigenvalue weighted by molar-refractivity contribution is -0.122. The van der Waals surface area contributed by atoms with Crippen molar-refractivity contribution in [3.63, 3.8) is 0 Å². The molecule has 4 N–H and O–H groups in total. The molecule has 0 aromatic heterocycles. The van der Waals surface area contributed by atoms with Crippen molar-refractivity contribution in [1.29, 1.82) is 0 Å². The Hall–Kier alpha value is -2.53. The van der Waals surface area contributed by atoms with Crippen LogP contribution in [-0.2, 0) is 11.3 Å². The first-order chi connectivity index (χ1) is 11.0. The van der Waals surface area contributed by atoms with Gasteiger partial charge in [-0.1, -0.05) is 48.0 Å². The van der Waals surface area contributed by atoms with E-state index in [9.17, 15) is 9.59 Å². The van der Waals surface area contributed by atoms with Gasteiger partial charge in [0.25, 0.3) is 0 Å². The van der Waals surface area contributed by atoms with Crippen LogP contribution >= 0.6 is 11.6 Å². The van der Waals surface area contributed by atoms with Gasteiger partial charge in [-0.3, -0.25) is 4.79 Å². The molecule has 23 heavy (non-hydrogen) atoms. The van der Waals surface area contributed by atoms with E-state index >= 15 is 0 Å². The summed E-state index contributed by atoms with van der Waals surface area (Å²) in [6.07, 6.45) is 0. The Kier molecular flexibility index (Phi) is 5.60. The predicted octanol–water partition coefficient (Wildman–Crippen LogP) is 2.68. The van der Waals surface area contributed by atoms with E-state index in [-0.39, 0.29) is 5.91 Å². The zero-order valence-corrected chi connectivity index (χ0v) is 13.4. The summed E-state index contributed by atoms with van der Waals surface area (Å²) in [6, 6.07) is 13.9. The Morgan fingerprint density at radius 2 is 1.78 bits per heavy atom. The smallest absolute Gasteiger partial charge is 0.312 e. The number of carbonyl (C=O) groups excluding carboxylic acids is 2. The zero-order chi connectivity index (χ0) is 16.8. The largest absolute Gasteiger partial charge is 0.352 e. The lowest BCUT2D eigenvalue weighted by Crippen LogP contribution is -2.46. The molecule has 0 aliphatic heterocycles. The Bertz CT molecular complexity index is 701. The lowest BCUT2D eigenvalue weighted by atomic mass is 10.00. The average Bonchev–Trinajstić information content (AvgIpc) is 2.53. The van der Waals surface area contributed by atoms with Crippen molar-refractivity contribution in [2.24, 2.45) is 5.73 Å². The van der Waals surface area contributed by atoms with E-state index in [1.165, 1.54) is 0 Å². The SMILES string of the molecule is C[C@H](NC(N)=O)C(=O)NCc1ccccc1-c1ccc(Cl)cc1. The Morgan fingerprint density at radius 1 is 1.13 bits per heavy atom. The molecule has 3 amide bonds. The lowest BCUT2D eigenvalue weighted by Gasteiger charge is -2.14. The van der Waals surface area contributed by atoms with Gasteiger partial charge in [0.15, 0.2) is 0 Å². The third kappa shape index (κ3) is 4.72. The molecule has 0 heterocycles. The monoisotopic (exact) mass is 331 g/mol. The molecule has 0 aliphatic carbocycles. The van der Waals surface area contributed by atoms with Crippen molar-refractivity contribution in [1.82, 2.24) is 10.6 Å². The Morgan fingerprint density at radius 3 is 2.43 bits per heavy atom. The predicted molar refractivity (Wildman–Crippen MR) is 90.9 cm³/mol. The van der Waals surface area contributed by atoms with Crippen molar-refractivity contribution in [3.8, 4) is 11.1 Å². The van der Waals surface area contributed by atoms with Crippen molar-refractivity contribution in [2.45, 2.75) is 19.5 Å². The molecule has 0 saturated carbocycles. The maximum absolute atomic E-state index is 11.9. The van der Waals surface area contributed by atoms with Crippen molar-refractivity contribution < 1.29 is 9.59 Å². The molecule has 2 aromatic rings. The third-order valence-electron chi connectivity index (χ3n) is 3.38. The number of urea groups is 1. The maximum Gasteiger partial charge on any atom is 0.312 e. The van der Waals surface area contributed by atoms with E-state index in [4.69, 9.17) is 17.3 Å². The van der Waals surface area contributed by atoms with Gasteiger partial charge in [0.1, 0.15) is 6.04 Å². The van der Waals surface area contributed by atoms with Gasteiger partial charge in [-0.15, -0.1) is 0 Å². The van der Waals surface area contributed by atoms with Crippen LogP contribution in [0.1, 0.15) is 12.5 Å². The molecule has 5 nitrogen and oxygen atoms in total. The average molecular weight is 332 g/mol. The molecule has 0 aliphatic rings. The van der Waals surface area contributed by atoms with Gasteiger partial charge in [0, 0.05) is 11.6 Å². The van der Waals surface area contributed by atoms with Crippen LogP contribution in [0.2, 0.25) is 5.02 Å². The fourth-order valence-electron chi connectivity index (χ4n) is 2.20. The normalized spacial score (nSPS) is 11.6. The van der Waals surface area contributed by atoms with Gasteiger partial charge in [-0.25, -0.2) is 4.79 Å². The molecule has 0 spiro atoms. The van der Waals surface area contributed by atoms with Crippen molar-refractivity contribution >= 4 is 23.5 Å². The van der Waals surface area contributed by atoms with Crippen LogP contribution in [0.3, 0.4) is 0 Å². The highest BCUT2D eigenvalue weighted by Gasteiger charge is 2.14. The second-order valence-electron chi connectivity index (χ2n) is 5.11. The fraction of sp³-hybridized carbons (Fsp3) is 0.176. The van der Waals surface area contributed by atoms with Crippen LogP contribution < -0.4 is 16.4 Å². The van der Waals surface area contributed by atoms with Crippen LogP contribution in [-0.4, -0.2) is 18.0 Å². The highest BCUT2D eigenvalue weighted by molar-refractivity contribution is 6.30. The van der Waals surface area contributed by atoms with Gasteiger partial charge < -0.3 is 16.4 Å². The molecule has 0 unspecified atom stereocenters. The quantitative estimate of drug-likeness (QED) is 0.787. The van der Waals surface area contributed by atoms with E-state index in [1.54, 1.807) is 6.92 Å². The van der Waals surface area contributed by atoms with Crippen LogP contribution in [0.25, 0.3) is 11.1 Å². The highest BCUT2D eigenvalue weighted by atomic mass is 35.5. The van der Waals surface area contributed by atoms with Gasteiger partial charge in [-0.05, 0) is 35.7 Å². The minimum Gasteiger partial charge on any atom is -0.352 e. The number of benzene rings is 2. The van der Waals surface area contributed by atoms with E-state index in [1.807, 2.05) is 48.5 Å². The molecular formula is C17H18ClN3O2. The molecule has 120 valence electrons. The third-order valence-corrected chi connectivity index (χ3v) is 3.63. The van der Waals surface area contributed by atoms with Crippen molar-refractivity contribution in [2.75, 3.05) is 0 Å². The molecule has 2 aromatic carbocycles. The first-order valence-electron chi connectivity index (χ1n) is 7.15. The summed E-state index contributed by atoms with van der Waals surface area (Å²) in [6.45, 7) is 1.92. The van der Waals surface area contributed by atoms with Crippen LogP contribution in [0.5, 0.6) is 0 Å². The van der Waals surface area contributed by atoms with Gasteiger partial charge in [0.05, 0.1) is 0 Å². The summed E-state index contributed by atoms with van der Waals surface area (Å²) < 4.78 is 0. The summed E-state index contributed by atoms with van der Waals surface area (Å²) in [5.74, 6) is -0.297. The second kappa shape index (κ2) is 7.65. The number of hydrogen-bond donors (Lipinski definition) is 3. The molecule has 0 saturated heterocycles. The molecule has 0 radical (unpaired) electrons.